The van der Waals surface area contributed by atoms with Crippen LogP contribution in [0.2, 0.25) is 0 Å². The van der Waals surface area contributed by atoms with Crippen molar-refractivity contribution in [3.63, 3.8) is 0 Å². The molecule has 2 rings (SSSR count). The second-order valence-corrected chi connectivity index (χ2v) is 5.25. The molecule has 1 aromatic carbocycles. The van der Waals surface area contributed by atoms with Crippen LogP contribution >= 0.6 is 22.6 Å². The van der Waals surface area contributed by atoms with Gasteiger partial charge >= 0.3 is 12.1 Å². The summed E-state index contributed by atoms with van der Waals surface area (Å²) >= 11 is 1.91. The quantitative estimate of drug-likeness (QED) is 0.547. The smallest absolute Gasteiger partial charge is 0.421 e. The van der Waals surface area contributed by atoms with Crippen molar-refractivity contribution in [1.82, 2.24) is 4.98 Å². The Kier molecular flexibility index (Phi) is 4.89. The zero-order valence-corrected chi connectivity index (χ0v) is 13.3. The van der Waals surface area contributed by atoms with E-state index in [0.717, 1.165) is 6.07 Å². The van der Waals surface area contributed by atoms with Gasteiger partial charge in [0.1, 0.15) is 11.3 Å². The highest BCUT2D eigenvalue weighted by Crippen LogP contribution is 2.36. The standard InChI is InChI=1S/C14H9F3INO3/c1-21-13(20)9-7-8(4-5-11(9)18)22-12-10(14(15,16)17)3-2-6-19-12/h2-7H,1H3. The van der Waals surface area contributed by atoms with Crippen LogP contribution in [0.15, 0.2) is 36.5 Å². The van der Waals surface area contributed by atoms with Gasteiger partial charge < -0.3 is 9.47 Å². The SMILES string of the molecule is COC(=O)c1cc(Oc2ncccc2C(F)(F)F)ccc1I. The molecule has 0 amide bonds. The van der Waals surface area contributed by atoms with Gasteiger partial charge in [0, 0.05) is 9.77 Å². The minimum Gasteiger partial charge on any atom is -0.465 e. The molecule has 0 aliphatic rings. The summed E-state index contributed by atoms with van der Waals surface area (Å²) in [5, 5.41) is 0. The number of halogens is 4. The Bertz CT molecular complexity index is 704. The minimum absolute atomic E-state index is 0.0602. The molecule has 0 saturated heterocycles. The van der Waals surface area contributed by atoms with Crippen LogP contribution in [0.25, 0.3) is 0 Å². The molecule has 8 heteroatoms. The number of benzene rings is 1. The van der Waals surface area contributed by atoms with Gasteiger partial charge in [-0.25, -0.2) is 9.78 Å². The average Bonchev–Trinajstić information content (AvgIpc) is 2.48. The normalized spacial score (nSPS) is 11.1. The van der Waals surface area contributed by atoms with Gasteiger partial charge in [0.2, 0.25) is 5.88 Å². The molecule has 1 aromatic heterocycles. The number of alkyl halides is 3. The molecule has 0 bridgehead atoms. The van der Waals surface area contributed by atoms with Gasteiger partial charge in [0.15, 0.2) is 0 Å². The zero-order valence-electron chi connectivity index (χ0n) is 11.1. The molecule has 2 aromatic rings. The predicted octanol–water partition coefficient (Wildman–Crippen LogP) is 4.28. The Morgan fingerprint density at radius 2 is 2.00 bits per heavy atom. The van der Waals surface area contributed by atoms with E-state index in [1.54, 1.807) is 6.07 Å². The highest BCUT2D eigenvalue weighted by atomic mass is 127. The second kappa shape index (κ2) is 6.51. The summed E-state index contributed by atoms with van der Waals surface area (Å²) < 4.78 is 49.0. The Morgan fingerprint density at radius 3 is 2.64 bits per heavy atom. The van der Waals surface area contributed by atoms with Crippen LogP contribution in [-0.4, -0.2) is 18.1 Å². The van der Waals surface area contributed by atoms with Crippen LogP contribution in [-0.2, 0) is 10.9 Å². The maximum atomic E-state index is 12.9. The molecule has 0 unspecified atom stereocenters. The molecule has 1 heterocycles. The number of hydrogen-bond acceptors (Lipinski definition) is 4. The van der Waals surface area contributed by atoms with Crippen LogP contribution in [0.3, 0.4) is 0 Å². The number of rotatable bonds is 3. The Hall–Kier alpha value is -1.84. The van der Waals surface area contributed by atoms with Crippen LogP contribution in [0.5, 0.6) is 11.6 Å². The molecule has 0 saturated carbocycles. The lowest BCUT2D eigenvalue weighted by Gasteiger charge is -2.13. The zero-order chi connectivity index (χ0) is 16.3. The minimum atomic E-state index is -4.59. The molecule has 0 spiro atoms. The van der Waals surface area contributed by atoms with Crippen molar-refractivity contribution in [1.29, 1.82) is 0 Å². The van der Waals surface area contributed by atoms with E-state index < -0.39 is 23.6 Å². The number of methoxy groups -OCH3 is 1. The average molecular weight is 423 g/mol. The maximum Gasteiger partial charge on any atom is 0.421 e. The summed E-state index contributed by atoms with van der Waals surface area (Å²) in [5.74, 6) is -1.12. The molecule has 4 nitrogen and oxygen atoms in total. The van der Waals surface area contributed by atoms with Gasteiger partial charge in [0.05, 0.1) is 12.7 Å². The Balaban J connectivity index is 2.39. The first kappa shape index (κ1) is 16.5. The highest BCUT2D eigenvalue weighted by Gasteiger charge is 2.35. The third-order valence-electron chi connectivity index (χ3n) is 2.63. The highest BCUT2D eigenvalue weighted by molar-refractivity contribution is 14.1. The van der Waals surface area contributed by atoms with Crippen LogP contribution in [0.4, 0.5) is 13.2 Å². The summed E-state index contributed by atoms with van der Waals surface area (Å²) in [6.45, 7) is 0. The summed E-state index contributed by atoms with van der Waals surface area (Å²) in [5.41, 5.74) is -0.793. The second-order valence-electron chi connectivity index (χ2n) is 4.09. The van der Waals surface area contributed by atoms with E-state index in [1.165, 1.54) is 31.5 Å². The molecule has 0 aliphatic carbocycles. The molecule has 116 valence electrons. The van der Waals surface area contributed by atoms with Crippen molar-refractivity contribution in [2.45, 2.75) is 6.18 Å². The van der Waals surface area contributed by atoms with Crippen LogP contribution in [0, 0.1) is 3.57 Å². The van der Waals surface area contributed by atoms with Crippen molar-refractivity contribution in [3.05, 3.63) is 51.2 Å². The topological polar surface area (TPSA) is 48.4 Å². The first-order valence-corrected chi connectivity index (χ1v) is 6.98. The van der Waals surface area contributed by atoms with Crippen molar-refractivity contribution < 1.29 is 27.4 Å². The van der Waals surface area contributed by atoms with Gasteiger partial charge in [0.25, 0.3) is 0 Å². The molecule has 0 N–H and O–H groups in total. The lowest BCUT2D eigenvalue weighted by molar-refractivity contribution is -0.138. The number of hydrogen-bond donors (Lipinski definition) is 0. The summed E-state index contributed by atoms with van der Waals surface area (Å²) in [7, 11) is 1.21. The van der Waals surface area contributed by atoms with Gasteiger partial charge in [-0.15, -0.1) is 0 Å². The molecule has 22 heavy (non-hydrogen) atoms. The number of nitrogens with zero attached hydrogens (tertiary/aromatic N) is 1. The molecule has 0 aliphatic heterocycles. The molecular weight excluding hydrogens is 414 g/mol. The molecular formula is C14H9F3INO3. The van der Waals surface area contributed by atoms with Crippen LogP contribution < -0.4 is 4.74 Å². The van der Waals surface area contributed by atoms with Gasteiger partial charge in [-0.1, -0.05) is 0 Å². The first-order chi connectivity index (χ1) is 10.3. The fourth-order valence-electron chi connectivity index (χ4n) is 1.63. The van der Waals surface area contributed by atoms with E-state index in [1.807, 2.05) is 22.6 Å². The van der Waals surface area contributed by atoms with Crippen molar-refractivity contribution in [3.8, 4) is 11.6 Å². The molecule has 0 radical (unpaired) electrons. The maximum absolute atomic E-state index is 12.9. The van der Waals surface area contributed by atoms with E-state index in [4.69, 9.17) is 4.74 Å². The van der Waals surface area contributed by atoms with E-state index in [-0.39, 0.29) is 11.3 Å². The monoisotopic (exact) mass is 423 g/mol. The molecule has 0 fully saturated rings. The first-order valence-electron chi connectivity index (χ1n) is 5.91. The number of aromatic nitrogens is 1. The largest absolute Gasteiger partial charge is 0.465 e. The number of ether oxygens (including phenoxy) is 2. The van der Waals surface area contributed by atoms with E-state index >= 15 is 0 Å². The van der Waals surface area contributed by atoms with Crippen LogP contribution in [0.1, 0.15) is 15.9 Å². The fraction of sp³-hybridized carbons (Fsp3) is 0.143. The van der Waals surface area contributed by atoms with E-state index in [2.05, 4.69) is 9.72 Å². The predicted molar refractivity (Wildman–Crippen MR) is 79.8 cm³/mol. The summed E-state index contributed by atoms with van der Waals surface area (Å²) in [4.78, 5) is 15.2. The third kappa shape index (κ3) is 3.67. The number of esters is 1. The number of carbonyl (C=O) groups is 1. The Labute approximate surface area is 137 Å². The van der Waals surface area contributed by atoms with Gasteiger partial charge in [-0.05, 0) is 52.9 Å². The molecule has 0 atom stereocenters. The van der Waals surface area contributed by atoms with Crippen molar-refractivity contribution in [2.75, 3.05) is 7.11 Å². The lowest BCUT2D eigenvalue weighted by atomic mass is 10.2. The lowest BCUT2D eigenvalue weighted by Crippen LogP contribution is -2.08. The van der Waals surface area contributed by atoms with Gasteiger partial charge in [-0.2, -0.15) is 13.2 Å². The third-order valence-corrected chi connectivity index (χ3v) is 3.57. The number of pyridine rings is 1. The van der Waals surface area contributed by atoms with Gasteiger partial charge in [-0.3, -0.25) is 0 Å². The fourth-order valence-corrected chi connectivity index (χ4v) is 2.19. The summed E-state index contributed by atoms with van der Waals surface area (Å²) in [6, 6.07) is 6.34. The number of carbonyl (C=O) groups excluding carboxylic acids is 1. The van der Waals surface area contributed by atoms with Crippen molar-refractivity contribution in [2.24, 2.45) is 0 Å². The Morgan fingerprint density at radius 1 is 1.27 bits per heavy atom. The summed E-state index contributed by atoms with van der Waals surface area (Å²) in [6.07, 6.45) is -3.39. The van der Waals surface area contributed by atoms with Crippen molar-refractivity contribution >= 4 is 28.6 Å². The van der Waals surface area contributed by atoms with E-state index in [0.29, 0.717) is 3.57 Å². The van der Waals surface area contributed by atoms with E-state index in [9.17, 15) is 18.0 Å².